The van der Waals surface area contributed by atoms with Gasteiger partial charge in [0.25, 0.3) is 0 Å². The second-order valence-corrected chi connectivity index (χ2v) is 12.3. The quantitative estimate of drug-likeness (QED) is 0.200. The molecular formula is C34H27Cl5O. The standard InChI is InChI=1S/C34H27Cl5O/c1-19-10-13-25(20(2)16-19)29-31(22-8-6-5-7-9-22)34(39,23-11-14-27(36)21(3)17-23)33(40-4)30(32(29)38)26-18-24(35)12-15-28(26)37/h5-18,33H,1-4H3. The molecule has 0 saturated carbocycles. The van der Waals surface area contributed by atoms with Crippen molar-refractivity contribution in [3.05, 3.63) is 144 Å². The molecule has 204 valence electrons. The third kappa shape index (κ3) is 5.02. The van der Waals surface area contributed by atoms with Gasteiger partial charge >= 0.3 is 0 Å². The summed E-state index contributed by atoms with van der Waals surface area (Å²) >= 11 is 35.3. The summed E-state index contributed by atoms with van der Waals surface area (Å²) in [5, 5.41) is 2.18. The number of methoxy groups -OCH3 is 1. The molecule has 1 aliphatic carbocycles. The average Bonchev–Trinajstić information content (AvgIpc) is 2.93. The van der Waals surface area contributed by atoms with Crippen molar-refractivity contribution in [3.8, 4) is 0 Å². The van der Waals surface area contributed by atoms with Gasteiger partial charge in [-0.25, -0.2) is 0 Å². The van der Waals surface area contributed by atoms with E-state index in [1.807, 2.05) is 61.5 Å². The van der Waals surface area contributed by atoms with Gasteiger partial charge in [-0.3, -0.25) is 0 Å². The SMILES string of the molecule is COC1C(c2cc(Cl)ccc2Cl)=C(Cl)C(c2ccc(C)cc2C)=C(c2ccccc2)C1(Cl)c1ccc(Cl)c(C)c1. The first kappa shape index (κ1) is 29.3. The summed E-state index contributed by atoms with van der Waals surface area (Å²) in [6, 6.07) is 27.6. The molecule has 6 heteroatoms. The molecule has 0 radical (unpaired) electrons. The predicted molar refractivity (Wildman–Crippen MR) is 173 cm³/mol. The predicted octanol–water partition coefficient (Wildman–Crippen LogP) is 11.3. The van der Waals surface area contributed by atoms with Crippen LogP contribution in [0.1, 0.15) is 38.9 Å². The van der Waals surface area contributed by atoms with Crippen LogP contribution in [0.25, 0.3) is 16.7 Å². The number of allylic oxidation sites excluding steroid dienone is 2. The van der Waals surface area contributed by atoms with E-state index in [1.165, 1.54) is 0 Å². The second-order valence-electron chi connectivity index (χ2n) is 10.1. The van der Waals surface area contributed by atoms with Gasteiger partial charge in [0.15, 0.2) is 0 Å². The average molecular weight is 629 g/mol. The molecule has 0 N–H and O–H groups in total. The summed E-state index contributed by atoms with van der Waals surface area (Å²) in [5.74, 6) is 0. The molecule has 5 rings (SSSR count). The van der Waals surface area contributed by atoms with Gasteiger partial charge in [-0.05, 0) is 78.4 Å². The van der Waals surface area contributed by atoms with Crippen LogP contribution >= 0.6 is 58.0 Å². The molecular weight excluding hydrogens is 602 g/mol. The van der Waals surface area contributed by atoms with Gasteiger partial charge in [-0.1, -0.05) is 113 Å². The Morgan fingerprint density at radius 2 is 1.40 bits per heavy atom. The zero-order valence-corrected chi connectivity index (χ0v) is 26.2. The summed E-state index contributed by atoms with van der Waals surface area (Å²) in [7, 11) is 1.64. The van der Waals surface area contributed by atoms with E-state index in [2.05, 4.69) is 32.0 Å². The van der Waals surface area contributed by atoms with Crippen molar-refractivity contribution in [1.82, 2.24) is 0 Å². The largest absolute Gasteiger partial charge is 0.374 e. The van der Waals surface area contributed by atoms with Crippen LogP contribution in [-0.2, 0) is 9.61 Å². The van der Waals surface area contributed by atoms with Crippen molar-refractivity contribution in [1.29, 1.82) is 0 Å². The minimum atomic E-state index is -1.22. The number of hydrogen-bond acceptors (Lipinski definition) is 1. The summed E-state index contributed by atoms with van der Waals surface area (Å²) in [6.07, 6.45) is -0.733. The van der Waals surface area contributed by atoms with Crippen LogP contribution in [0.2, 0.25) is 15.1 Å². The van der Waals surface area contributed by atoms with E-state index < -0.39 is 11.0 Å². The summed E-state index contributed by atoms with van der Waals surface area (Å²) in [4.78, 5) is -1.22. The highest BCUT2D eigenvalue weighted by atomic mass is 35.5. The lowest BCUT2D eigenvalue weighted by Crippen LogP contribution is -2.41. The maximum atomic E-state index is 8.03. The molecule has 2 unspecified atom stereocenters. The van der Waals surface area contributed by atoms with Crippen molar-refractivity contribution in [3.63, 3.8) is 0 Å². The molecule has 4 aromatic rings. The maximum Gasteiger partial charge on any atom is 0.126 e. The van der Waals surface area contributed by atoms with Gasteiger partial charge in [0.2, 0.25) is 0 Å². The number of ether oxygens (including phenoxy) is 1. The lowest BCUT2D eigenvalue weighted by molar-refractivity contribution is 0.126. The molecule has 2 atom stereocenters. The highest BCUT2D eigenvalue weighted by molar-refractivity contribution is 6.47. The normalized spacial score (nSPS) is 19.4. The molecule has 1 nitrogen and oxygen atoms in total. The molecule has 0 amide bonds. The highest BCUT2D eigenvalue weighted by Crippen LogP contribution is 2.60. The lowest BCUT2D eigenvalue weighted by Gasteiger charge is -2.44. The number of halogens is 5. The molecule has 0 spiro atoms. The first-order valence-corrected chi connectivity index (χ1v) is 14.7. The molecule has 0 aliphatic heterocycles. The number of alkyl halides is 1. The maximum absolute atomic E-state index is 8.03. The summed E-state index contributed by atoms with van der Waals surface area (Å²) in [6.45, 7) is 6.12. The Kier molecular flexibility index (Phi) is 8.47. The van der Waals surface area contributed by atoms with E-state index in [0.717, 1.165) is 44.5 Å². The van der Waals surface area contributed by atoms with E-state index in [4.69, 9.17) is 62.7 Å². The minimum absolute atomic E-state index is 0.494. The fourth-order valence-corrected chi connectivity index (χ4v) is 7.01. The van der Waals surface area contributed by atoms with Gasteiger partial charge in [0, 0.05) is 38.9 Å². The van der Waals surface area contributed by atoms with Crippen molar-refractivity contribution in [2.45, 2.75) is 31.7 Å². The van der Waals surface area contributed by atoms with E-state index in [-0.39, 0.29) is 0 Å². The lowest BCUT2D eigenvalue weighted by atomic mass is 9.70. The number of aryl methyl sites for hydroxylation is 3. The van der Waals surface area contributed by atoms with Crippen molar-refractivity contribution >= 4 is 74.7 Å². The van der Waals surface area contributed by atoms with Crippen molar-refractivity contribution < 1.29 is 4.74 Å². The Morgan fingerprint density at radius 3 is 2.05 bits per heavy atom. The smallest absolute Gasteiger partial charge is 0.126 e. The molecule has 0 heterocycles. The summed E-state index contributed by atoms with van der Waals surface area (Å²) in [5.41, 5.74) is 8.81. The topological polar surface area (TPSA) is 9.23 Å². The van der Waals surface area contributed by atoms with E-state index in [1.54, 1.807) is 19.2 Å². The molecule has 4 aromatic carbocycles. The molecule has 0 fully saturated rings. The van der Waals surface area contributed by atoms with E-state index in [9.17, 15) is 0 Å². The van der Waals surface area contributed by atoms with Crippen LogP contribution in [0.15, 0.2) is 90.0 Å². The first-order chi connectivity index (χ1) is 19.1. The molecule has 40 heavy (non-hydrogen) atoms. The Bertz CT molecular complexity index is 1670. The molecule has 0 aromatic heterocycles. The number of hydrogen-bond donors (Lipinski definition) is 0. The fourth-order valence-electron chi connectivity index (χ4n) is 5.59. The van der Waals surface area contributed by atoms with Crippen LogP contribution < -0.4 is 0 Å². The minimum Gasteiger partial charge on any atom is -0.374 e. The first-order valence-electron chi connectivity index (χ1n) is 12.8. The number of rotatable bonds is 5. The van der Waals surface area contributed by atoms with Crippen molar-refractivity contribution in [2.24, 2.45) is 0 Å². The zero-order valence-electron chi connectivity index (χ0n) is 22.5. The van der Waals surface area contributed by atoms with Gasteiger partial charge in [-0.15, -0.1) is 11.6 Å². The highest BCUT2D eigenvalue weighted by Gasteiger charge is 2.51. The van der Waals surface area contributed by atoms with Crippen LogP contribution in [0.5, 0.6) is 0 Å². The van der Waals surface area contributed by atoms with Gasteiger partial charge in [0.1, 0.15) is 11.0 Å². The monoisotopic (exact) mass is 626 g/mol. The van der Waals surface area contributed by atoms with Gasteiger partial charge in [0.05, 0.1) is 5.03 Å². The van der Waals surface area contributed by atoms with Crippen LogP contribution in [0.4, 0.5) is 0 Å². The van der Waals surface area contributed by atoms with Gasteiger partial charge in [-0.2, -0.15) is 0 Å². The van der Waals surface area contributed by atoms with Crippen LogP contribution in [0.3, 0.4) is 0 Å². The third-order valence-corrected chi connectivity index (χ3v) is 9.43. The summed E-state index contributed by atoms with van der Waals surface area (Å²) < 4.78 is 6.31. The van der Waals surface area contributed by atoms with E-state index in [0.29, 0.717) is 31.2 Å². The van der Waals surface area contributed by atoms with Crippen LogP contribution in [0, 0.1) is 20.8 Å². The Morgan fingerprint density at radius 1 is 0.700 bits per heavy atom. The Hall–Kier alpha value is -2.23. The number of benzene rings is 4. The Labute approximate surface area is 260 Å². The van der Waals surface area contributed by atoms with E-state index >= 15 is 0 Å². The Balaban J connectivity index is 2.02. The van der Waals surface area contributed by atoms with Crippen LogP contribution in [-0.4, -0.2) is 13.2 Å². The van der Waals surface area contributed by atoms with Gasteiger partial charge < -0.3 is 4.74 Å². The zero-order chi connectivity index (χ0) is 28.8. The molecule has 0 saturated heterocycles. The fraction of sp³-hybridized carbons (Fsp3) is 0.176. The molecule has 0 bridgehead atoms. The molecule has 1 aliphatic rings. The van der Waals surface area contributed by atoms with Crippen molar-refractivity contribution in [2.75, 3.05) is 7.11 Å². The third-order valence-electron chi connectivity index (χ3n) is 7.44. The second kappa shape index (κ2) is 11.6.